The van der Waals surface area contributed by atoms with Crippen LogP contribution in [-0.2, 0) is 6.61 Å². The highest BCUT2D eigenvalue weighted by Gasteiger charge is 2.14. The van der Waals surface area contributed by atoms with E-state index in [0.29, 0.717) is 22.0 Å². The molecule has 0 amide bonds. The van der Waals surface area contributed by atoms with Gasteiger partial charge in [0.2, 0.25) is 0 Å². The van der Waals surface area contributed by atoms with Crippen LogP contribution in [0.1, 0.15) is 5.56 Å². The van der Waals surface area contributed by atoms with Crippen LogP contribution in [0, 0.1) is 10.1 Å². The van der Waals surface area contributed by atoms with Crippen LogP contribution < -0.4 is 10.5 Å². The number of nitrogen functional groups attached to an aromatic ring is 1. The van der Waals surface area contributed by atoms with Gasteiger partial charge in [-0.3, -0.25) is 10.1 Å². The topological polar surface area (TPSA) is 78.4 Å². The van der Waals surface area contributed by atoms with E-state index in [2.05, 4.69) is 0 Å². The molecule has 0 unspecified atom stereocenters. The van der Waals surface area contributed by atoms with Crippen LogP contribution in [0.2, 0.25) is 5.02 Å². The summed E-state index contributed by atoms with van der Waals surface area (Å²) in [7, 11) is 0. The van der Waals surface area contributed by atoms with Crippen molar-refractivity contribution in [3.05, 3.63) is 63.2 Å². The van der Waals surface area contributed by atoms with Gasteiger partial charge in [0.15, 0.2) is 0 Å². The van der Waals surface area contributed by atoms with Crippen molar-refractivity contribution in [1.29, 1.82) is 0 Å². The third-order valence-corrected chi connectivity index (χ3v) is 2.78. The predicted molar refractivity (Wildman–Crippen MR) is 73.3 cm³/mol. The van der Waals surface area contributed by atoms with Gasteiger partial charge in [0, 0.05) is 11.1 Å². The Morgan fingerprint density at radius 1 is 1.26 bits per heavy atom. The van der Waals surface area contributed by atoms with E-state index in [4.69, 9.17) is 22.1 Å². The zero-order valence-electron chi connectivity index (χ0n) is 9.88. The van der Waals surface area contributed by atoms with Gasteiger partial charge in [-0.15, -0.1) is 0 Å². The van der Waals surface area contributed by atoms with Crippen LogP contribution in [-0.4, -0.2) is 4.92 Å². The second-order valence-corrected chi connectivity index (χ2v) is 4.29. The molecular weight excluding hydrogens is 268 g/mol. The second-order valence-electron chi connectivity index (χ2n) is 3.86. The average molecular weight is 279 g/mol. The second kappa shape index (κ2) is 5.58. The molecule has 5 nitrogen and oxygen atoms in total. The molecule has 0 saturated carbocycles. The van der Waals surface area contributed by atoms with Gasteiger partial charge in [-0.25, -0.2) is 0 Å². The van der Waals surface area contributed by atoms with E-state index in [-0.39, 0.29) is 12.3 Å². The minimum absolute atomic E-state index is 0.0288. The Labute approximate surface area is 114 Å². The number of nitro benzene ring substituents is 1. The zero-order valence-corrected chi connectivity index (χ0v) is 10.6. The normalized spacial score (nSPS) is 10.2. The molecule has 0 aliphatic heterocycles. The first-order valence-electron chi connectivity index (χ1n) is 5.48. The number of hydrogen-bond donors (Lipinski definition) is 1. The number of halogens is 1. The maximum atomic E-state index is 10.9. The van der Waals surface area contributed by atoms with Crippen molar-refractivity contribution in [3.8, 4) is 5.75 Å². The standard InChI is InChI=1S/C13H11ClN2O3/c14-10-5-6-12(16(17)18)9(7-10)8-19-13-4-2-1-3-11(13)15/h1-7H,8,15H2. The van der Waals surface area contributed by atoms with Crippen molar-refractivity contribution in [2.24, 2.45) is 0 Å². The number of nitrogens with two attached hydrogens (primary N) is 1. The predicted octanol–water partition coefficient (Wildman–Crippen LogP) is 3.41. The van der Waals surface area contributed by atoms with Gasteiger partial charge >= 0.3 is 0 Å². The summed E-state index contributed by atoms with van der Waals surface area (Å²) < 4.78 is 5.48. The molecule has 0 radical (unpaired) electrons. The first-order valence-corrected chi connectivity index (χ1v) is 5.86. The Kier molecular flexibility index (Phi) is 3.87. The number of ether oxygens (including phenoxy) is 1. The molecule has 0 atom stereocenters. The smallest absolute Gasteiger partial charge is 0.276 e. The number of hydrogen-bond acceptors (Lipinski definition) is 4. The largest absolute Gasteiger partial charge is 0.486 e. The molecule has 0 saturated heterocycles. The van der Waals surface area contributed by atoms with Crippen LogP contribution in [0.25, 0.3) is 0 Å². The first-order chi connectivity index (χ1) is 9.08. The van der Waals surface area contributed by atoms with E-state index >= 15 is 0 Å². The molecule has 0 spiro atoms. The van der Waals surface area contributed by atoms with Crippen LogP contribution >= 0.6 is 11.6 Å². The third-order valence-electron chi connectivity index (χ3n) is 2.54. The lowest BCUT2D eigenvalue weighted by Gasteiger charge is -2.09. The van der Waals surface area contributed by atoms with Crippen molar-refractivity contribution >= 4 is 23.0 Å². The highest BCUT2D eigenvalue weighted by molar-refractivity contribution is 6.30. The summed E-state index contributed by atoms with van der Waals surface area (Å²) in [5.41, 5.74) is 6.58. The van der Waals surface area contributed by atoms with Crippen LogP contribution in [0.15, 0.2) is 42.5 Å². The Bertz CT molecular complexity index is 617. The van der Waals surface area contributed by atoms with Gasteiger partial charge in [-0.05, 0) is 24.3 Å². The van der Waals surface area contributed by atoms with E-state index < -0.39 is 4.92 Å². The van der Waals surface area contributed by atoms with Gasteiger partial charge in [0.05, 0.1) is 16.2 Å². The summed E-state index contributed by atoms with van der Waals surface area (Å²) in [5.74, 6) is 0.483. The van der Waals surface area contributed by atoms with Crippen LogP contribution in [0.3, 0.4) is 0 Å². The fraction of sp³-hybridized carbons (Fsp3) is 0.0769. The van der Waals surface area contributed by atoms with Gasteiger partial charge in [-0.1, -0.05) is 23.7 Å². The number of rotatable bonds is 4. The molecule has 98 valence electrons. The van der Waals surface area contributed by atoms with Crippen molar-refractivity contribution in [1.82, 2.24) is 0 Å². The number of nitro groups is 1. The van der Waals surface area contributed by atoms with Crippen molar-refractivity contribution < 1.29 is 9.66 Å². The number of anilines is 1. The molecule has 2 aromatic rings. The summed E-state index contributed by atoms with van der Waals surface area (Å²) >= 11 is 5.83. The Balaban J connectivity index is 2.22. The molecule has 0 aliphatic rings. The summed E-state index contributed by atoms with van der Waals surface area (Å²) in [4.78, 5) is 10.4. The van der Waals surface area contributed by atoms with E-state index in [1.807, 2.05) is 0 Å². The molecular formula is C13H11ClN2O3. The lowest BCUT2D eigenvalue weighted by Crippen LogP contribution is -2.02. The molecule has 0 heterocycles. The SMILES string of the molecule is Nc1ccccc1OCc1cc(Cl)ccc1[N+](=O)[O-]. The molecule has 0 fully saturated rings. The quantitative estimate of drug-likeness (QED) is 0.528. The third kappa shape index (κ3) is 3.14. The monoisotopic (exact) mass is 278 g/mol. The number of para-hydroxylation sites is 2. The Hall–Kier alpha value is -2.27. The average Bonchev–Trinajstić information content (AvgIpc) is 2.37. The Morgan fingerprint density at radius 3 is 2.68 bits per heavy atom. The van der Waals surface area contributed by atoms with Crippen molar-refractivity contribution in [2.45, 2.75) is 6.61 Å². The lowest BCUT2D eigenvalue weighted by atomic mass is 10.2. The van der Waals surface area contributed by atoms with Gasteiger partial charge < -0.3 is 10.5 Å². The van der Waals surface area contributed by atoms with Gasteiger partial charge in [0.1, 0.15) is 12.4 Å². The molecule has 6 heteroatoms. The Morgan fingerprint density at radius 2 is 2.00 bits per heavy atom. The van der Waals surface area contributed by atoms with Crippen LogP contribution in [0.4, 0.5) is 11.4 Å². The van der Waals surface area contributed by atoms with Gasteiger partial charge in [0.25, 0.3) is 5.69 Å². The van der Waals surface area contributed by atoms with Crippen molar-refractivity contribution in [2.75, 3.05) is 5.73 Å². The van der Waals surface area contributed by atoms with E-state index in [0.717, 1.165) is 0 Å². The maximum Gasteiger partial charge on any atom is 0.276 e. The fourth-order valence-corrected chi connectivity index (χ4v) is 1.81. The molecule has 0 aliphatic carbocycles. The summed E-state index contributed by atoms with van der Waals surface area (Å²) in [6.07, 6.45) is 0. The summed E-state index contributed by atoms with van der Waals surface area (Å²) in [5, 5.41) is 11.3. The van der Waals surface area contributed by atoms with E-state index in [1.165, 1.54) is 18.2 Å². The highest BCUT2D eigenvalue weighted by atomic mass is 35.5. The first kappa shape index (κ1) is 13.2. The fourth-order valence-electron chi connectivity index (χ4n) is 1.62. The molecule has 0 bridgehead atoms. The minimum atomic E-state index is -0.469. The van der Waals surface area contributed by atoms with E-state index in [1.54, 1.807) is 24.3 Å². The number of nitrogens with zero attached hydrogens (tertiary/aromatic N) is 1. The molecule has 2 aromatic carbocycles. The maximum absolute atomic E-state index is 10.9. The minimum Gasteiger partial charge on any atom is -0.486 e. The molecule has 19 heavy (non-hydrogen) atoms. The lowest BCUT2D eigenvalue weighted by molar-refractivity contribution is -0.385. The molecule has 2 rings (SSSR count). The zero-order chi connectivity index (χ0) is 13.8. The molecule has 0 aromatic heterocycles. The van der Waals surface area contributed by atoms with Crippen molar-refractivity contribution in [3.63, 3.8) is 0 Å². The molecule has 2 N–H and O–H groups in total. The summed E-state index contributed by atoms with van der Waals surface area (Å²) in [6, 6.07) is 11.3. The van der Waals surface area contributed by atoms with E-state index in [9.17, 15) is 10.1 Å². The number of benzene rings is 2. The van der Waals surface area contributed by atoms with Gasteiger partial charge in [-0.2, -0.15) is 0 Å². The van der Waals surface area contributed by atoms with Crippen LogP contribution in [0.5, 0.6) is 5.75 Å². The highest BCUT2D eigenvalue weighted by Crippen LogP contribution is 2.26. The summed E-state index contributed by atoms with van der Waals surface area (Å²) in [6.45, 7) is 0.0328.